The Bertz CT molecular complexity index is 832. The van der Waals surface area contributed by atoms with Crippen molar-refractivity contribution in [2.75, 3.05) is 0 Å². The fourth-order valence-electron chi connectivity index (χ4n) is 3.28. The second-order valence-electron chi connectivity index (χ2n) is 6.09. The highest BCUT2D eigenvalue weighted by molar-refractivity contribution is 6.02. The molecule has 1 aromatic carbocycles. The number of fused-ring (bicyclic) bond motifs is 1. The lowest BCUT2D eigenvalue weighted by atomic mass is 9.95. The van der Waals surface area contributed by atoms with Crippen molar-refractivity contribution in [1.82, 2.24) is 4.57 Å². The summed E-state index contributed by atoms with van der Waals surface area (Å²) in [6, 6.07) is 4.59. The molecule has 0 aliphatic heterocycles. The number of hydrogen-bond donors (Lipinski definition) is 2. The van der Waals surface area contributed by atoms with Crippen LogP contribution >= 0.6 is 0 Å². The molecule has 1 fully saturated rings. The van der Waals surface area contributed by atoms with Gasteiger partial charge in [0.15, 0.2) is 0 Å². The minimum Gasteiger partial charge on any atom is -0.494 e. The van der Waals surface area contributed by atoms with E-state index >= 15 is 0 Å². The third-order valence-electron chi connectivity index (χ3n) is 4.43. The Morgan fingerprint density at radius 1 is 1.04 bits per heavy atom. The van der Waals surface area contributed by atoms with Crippen molar-refractivity contribution < 1.29 is 19.8 Å². The van der Waals surface area contributed by atoms with Crippen molar-refractivity contribution in [3.05, 3.63) is 23.8 Å². The van der Waals surface area contributed by atoms with E-state index in [1.165, 1.54) is 25.5 Å². The van der Waals surface area contributed by atoms with Crippen LogP contribution in [-0.2, 0) is 4.79 Å². The van der Waals surface area contributed by atoms with Gasteiger partial charge in [-0.15, -0.1) is 10.2 Å². The first-order valence-electron chi connectivity index (χ1n) is 8.01. The molecule has 0 bridgehead atoms. The summed E-state index contributed by atoms with van der Waals surface area (Å²) < 4.78 is 1.55. The number of nitrogens with zero attached hydrogens (tertiary/aromatic N) is 3. The Kier molecular flexibility index (Phi) is 4.33. The molecule has 2 amide bonds. The van der Waals surface area contributed by atoms with Gasteiger partial charge in [-0.3, -0.25) is 14.2 Å². The Labute approximate surface area is 138 Å². The van der Waals surface area contributed by atoms with Gasteiger partial charge in [0.1, 0.15) is 0 Å². The number of rotatable bonds is 2. The van der Waals surface area contributed by atoms with Gasteiger partial charge < -0.3 is 10.2 Å². The zero-order valence-corrected chi connectivity index (χ0v) is 13.4. The highest BCUT2D eigenvalue weighted by Crippen LogP contribution is 2.43. The number of carbonyl (C=O) groups excluding carboxylic acids is 2. The van der Waals surface area contributed by atoms with Crippen molar-refractivity contribution in [1.29, 1.82) is 0 Å². The van der Waals surface area contributed by atoms with Crippen molar-refractivity contribution in [2.24, 2.45) is 10.2 Å². The second-order valence-corrected chi connectivity index (χ2v) is 6.09. The Morgan fingerprint density at radius 3 is 2.38 bits per heavy atom. The van der Waals surface area contributed by atoms with Gasteiger partial charge in [-0.2, -0.15) is 0 Å². The van der Waals surface area contributed by atoms with E-state index in [1.807, 2.05) is 0 Å². The lowest BCUT2D eigenvalue weighted by Crippen LogP contribution is -2.11. The summed E-state index contributed by atoms with van der Waals surface area (Å²) in [6.45, 7) is 1.20. The molecule has 1 saturated carbocycles. The lowest BCUT2D eigenvalue weighted by molar-refractivity contribution is -0.116. The summed E-state index contributed by atoms with van der Waals surface area (Å²) in [7, 11) is 0. The van der Waals surface area contributed by atoms with Crippen molar-refractivity contribution in [3.63, 3.8) is 0 Å². The highest BCUT2D eigenvalue weighted by Gasteiger charge is 2.24. The molecule has 2 N–H and O–H groups in total. The maximum atomic E-state index is 11.9. The van der Waals surface area contributed by atoms with Crippen molar-refractivity contribution in [3.8, 4) is 11.8 Å². The molecule has 1 aliphatic carbocycles. The Balaban J connectivity index is 2.02. The average Bonchev–Trinajstić information content (AvgIpc) is 2.84. The number of azo groups is 1. The van der Waals surface area contributed by atoms with E-state index < -0.39 is 11.8 Å². The van der Waals surface area contributed by atoms with Gasteiger partial charge in [-0.1, -0.05) is 19.3 Å². The third-order valence-corrected chi connectivity index (χ3v) is 4.43. The van der Waals surface area contributed by atoms with Crippen LogP contribution in [-0.4, -0.2) is 26.6 Å². The maximum absolute atomic E-state index is 11.9. The molecule has 24 heavy (non-hydrogen) atoms. The van der Waals surface area contributed by atoms with E-state index in [0.717, 1.165) is 25.7 Å². The van der Waals surface area contributed by atoms with Gasteiger partial charge in [0.05, 0.1) is 0 Å². The van der Waals surface area contributed by atoms with E-state index in [0.29, 0.717) is 10.8 Å². The van der Waals surface area contributed by atoms with Crippen LogP contribution in [0, 0.1) is 0 Å². The molecule has 2 aromatic rings. The van der Waals surface area contributed by atoms with Crippen LogP contribution in [0.5, 0.6) is 11.8 Å². The van der Waals surface area contributed by atoms with Crippen LogP contribution in [0.15, 0.2) is 28.4 Å². The molecule has 7 heteroatoms. The first kappa shape index (κ1) is 16.2. The fourth-order valence-corrected chi connectivity index (χ4v) is 3.28. The predicted octanol–water partition coefficient (Wildman–Crippen LogP) is 3.70. The van der Waals surface area contributed by atoms with E-state index in [2.05, 4.69) is 10.2 Å². The van der Waals surface area contributed by atoms with Gasteiger partial charge >= 0.3 is 0 Å². The van der Waals surface area contributed by atoms with Crippen LogP contribution in [0.3, 0.4) is 0 Å². The zero-order valence-electron chi connectivity index (χ0n) is 13.4. The predicted molar refractivity (Wildman–Crippen MR) is 87.3 cm³/mol. The molecule has 1 heterocycles. The minimum absolute atomic E-state index is 0.0127. The zero-order chi connectivity index (χ0) is 17.3. The van der Waals surface area contributed by atoms with E-state index in [9.17, 15) is 19.8 Å². The Morgan fingerprint density at radius 2 is 1.71 bits per heavy atom. The molecule has 1 aromatic heterocycles. The first-order chi connectivity index (χ1) is 11.5. The number of benzene rings is 1. The summed E-state index contributed by atoms with van der Waals surface area (Å²) in [5, 5.41) is 28.4. The van der Waals surface area contributed by atoms with Gasteiger partial charge in [-0.25, -0.2) is 0 Å². The molecule has 0 saturated heterocycles. The van der Waals surface area contributed by atoms with Crippen LogP contribution in [0.2, 0.25) is 0 Å². The number of amides is 2. The largest absolute Gasteiger partial charge is 0.494 e. The lowest BCUT2D eigenvalue weighted by Gasteiger charge is -2.24. The normalized spacial score (nSPS) is 16.0. The number of hydrogen-bond acceptors (Lipinski definition) is 4. The average molecular weight is 329 g/mol. The molecule has 7 nitrogen and oxygen atoms in total. The van der Waals surface area contributed by atoms with Crippen molar-refractivity contribution >= 4 is 22.6 Å². The van der Waals surface area contributed by atoms with E-state index in [-0.39, 0.29) is 23.4 Å². The molecule has 126 valence electrons. The van der Waals surface area contributed by atoms with Crippen LogP contribution < -0.4 is 0 Å². The molecular weight excluding hydrogens is 310 g/mol. The number of aromatic nitrogens is 1. The van der Waals surface area contributed by atoms with Crippen LogP contribution in [0.1, 0.15) is 55.4 Å². The molecule has 1 aliphatic rings. The summed E-state index contributed by atoms with van der Waals surface area (Å²) in [5.74, 6) is -1.27. The third kappa shape index (κ3) is 2.89. The highest BCUT2D eigenvalue weighted by atomic mass is 16.3. The quantitative estimate of drug-likeness (QED) is 0.820. The molecular formula is C17H19N3O4. The number of carbonyl (C=O) groups is 2. The maximum Gasteiger partial charge on any atom is 0.295 e. The summed E-state index contributed by atoms with van der Waals surface area (Å²) in [6.07, 6.45) is 5.10. The molecule has 0 radical (unpaired) electrons. The first-order valence-corrected chi connectivity index (χ1v) is 8.01. The van der Waals surface area contributed by atoms with E-state index in [1.54, 1.807) is 10.6 Å². The standard InChI is InChI=1S/C17H19N3O4/c1-10(21)18-19-15(22)11-7-8-13-14(9-11)17(24)20(16(13)23)12-5-3-2-4-6-12/h7-9,12,23-24H,2-6H2,1H3. The molecule has 0 spiro atoms. The Hall–Kier alpha value is -2.70. The number of aromatic hydroxyl groups is 2. The topological polar surface area (TPSA) is 104 Å². The van der Waals surface area contributed by atoms with Gasteiger partial charge in [0.25, 0.3) is 11.8 Å². The second kappa shape index (κ2) is 6.43. The minimum atomic E-state index is -0.670. The van der Waals surface area contributed by atoms with Gasteiger partial charge in [0, 0.05) is 29.3 Å². The molecule has 0 atom stereocenters. The molecule has 0 unspecified atom stereocenters. The fraction of sp³-hybridized carbons (Fsp3) is 0.412. The summed E-state index contributed by atoms with van der Waals surface area (Å²) in [4.78, 5) is 22.7. The monoisotopic (exact) mass is 329 g/mol. The summed E-state index contributed by atoms with van der Waals surface area (Å²) in [5.41, 5.74) is 0.198. The van der Waals surface area contributed by atoms with Gasteiger partial charge in [0.2, 0.25) is 11.8 Å². The van der Waals surface area contributed by atoms with Crippen molar-refractivity contribution in [2.45, 2.75) is 45.1 Å². The van der Waals surface area contributed by atoms with Crippen LogP contribution in [0.25, 0.3) is 10.8 Å². The molecule has 3 rings (SSSR count). The smallest absolute Gasteiger partial charge is 0.295 e. The van der Waals surface area contributed by atoms with Crippen LogP contribution in [0.4, 0.5) is 0 Å². The summed E-state index contributed by atoms with van der Waals surface area (Å²) >= 11 is 0. The SMILES string of the molecule is CC(=O)N=NC(=O)c1ccc2c(O)n(C3CCCCC3)c(O)c2c1. The van der Waals surface area contributed by atoms with Gasteiger partial charge in [-0.05, 0) is 31.0 Å². The van der Waals surface area contributed by atoms with E-state index in [4.69, 9.17) is 0 Å².